The first-order valence-corrected chi connectivity index (χ1v) is 8.47. The Kier molecular flexibility index (Phi) is 4.34. The largest absolute Gasteiger partial charge is 0.480 e. The third-order valence-corrected chi connectivity index (χ3v) is 5.47. The van der Waals surface area contributed by atoms with Gasteiger partial charge in [0, 0.05) is 17.7 Å². The first-order valence-electron chi connectivity index (χ1n) is 7.59. The summed E-state index contributed by atoms with van der Waals surface area (Å²) in [6, 6.07) is 3.75. The molecule has 0 saturated carbocycles. The molecule has 1 aromatic heterocycles. The SMILES string of the molecule is CC(=O)Oc1ccc2c(=O)c(C3NC(C(=O)O)C(C)(C)S3)coc2c1. The molecule has 0 aliphatic carbocycles. The van der Waals surface area contributed by atoms with Gasteiger partial charge in [0.05, 0.1) is 16.3 Å². The number of carbonyl (C=O) groups is 2. The fourth-order valence-corrected chi connectivity index (χ4v) is 4.22. The minimum absolute atomic E-state index is 0.248. The number of aliphatic carboxylic acids is 1. The zero-order valence-electron chi connectivity index (χ0n) is 13.9. The lowest BCUT2D eigenvalue weighted by atomic mass is 10.0. The quantitative estimate of drug-likeness (QED) is 0.632. The second kappa shape index (κ2) is 6.20. The number of benzene rings is 1. The van der Waals surface area contributed by atoms with Crippen LogP contribution in [0, 0.1) is 0 Å². The topological polar surface area (TPSA) is 106 Å². The third-order valence-electron chi connectivity index (χ3n) is 4.00. The lowest BCUT2D eigenvalue weighted by Crippen LogP contribution is -2.43. The average molecular weight is 363 g/mol. The molecule has 1 saturated heterocycles. The van der Waals surface area contributed by atoms with Crippen LogP contribution in [-0.2, 0) is 9.59 Å². The molecule has 2 N–H and O–H groups in total. The van der Waals surface area contributed by atoms with Gasteiger partial charge in [0.15, 0.2) is 5.43 Å². The molecule has 1 aliphatic heterocycles. The maximum absolute atomic E-state index is 12.8. The molecule has 0 bridgehead atoms. The van der Waals surface area contributed by atoms with Crippen molar-refractivity contribution in [3.8, 4) is 5.75 Å². The van der Waals surface area contributed by atoms with Gasteiger partial charge in [-0.05, 0) is 26.0 Å². The summed E-state index contributed by atoms with van der Waals surface area (Å²) in [6.07, 6.45) is 1.33. The van der Waals surface area contributed by atoms with E-state index in [0.29, 0.717) is 16.5 Å². The van der Waals surface area contributed by atoms with E-state index in [9.17, 15) is 19.5 Å². The molecule has 2 aromatic rings. The van der Waals surface area contributed by atoms with Gasteiger partial charge in [-0.15, -0.1) is 11.8 Å². The van der Waals surface area contributed by atoms with Gasteiger partial charge in [0.1, 0.15) is 23.6 Å². The highest BCUT2D eigenvalue weighted by molar-refractivity contribution is 8.01. The fourth-order valence-electron chi connectivity index (χ4n) is 2.81. The zero-order chi connectivity index (χ0) is 18.4. The number of ether oxygens (including phenoxy) is 1. The standard InChI is InChI=1S/C17H17NO6S/c1-8(19)24-9-4-5-10-12(6-9)23-7-11(13(10)20)15-18-14(16(21)22)17(2,3)25-15/h4-7,14-15,18H,1-3H3,(H,21,22). The lowest BCUT2D eigenvalue weighted by Gasteiger charge is -2.20. The summed E-state index contributed by atoms with van der Waals surface area (Å²) in [7, 11) is 0. The first kappa shape index (κ1) is 17.5. The van der Waals surface area contributed by atoms with Crippen LogP contribution < -0.4 is 15.5 Å². The summed E-state index contributed by atoms with van der Waals surface area (Å²) in [4.78, 5) is 35.2. The van der Waals surface area contributed by atoms with Gasteiger partial charge in [-0.3, -0.25) is 19.7 Å². The Morgan fingerprint density at radius 2 is 2.08 bits per heavy atom. The number of nitrogens with one attached hydrogen (secondary N) is 1. The number of rotatable bonds is 3. The van der Waals surface area contributed by atoms with Gasteiger partial charge in [-0.2, -0.15) is 0 Å². The molecule has 25 heavy (non-hydrogen) atoms. The van der Waals surface area contributed by atoms with Crippen LogP contribution in [0.25, 0.3) is 11.0 Å². The average Bonchev–Trinajstić information content (AvgIpc) is 2.82. The molecule has 0 spiro atoms. The van der Waals surface area contributed by atoms with Crippen LogP contribution in [0.3, 0.4) is 0 Å². The fraction of sp³-hybridized carbons (Fsp3) is 0.353. The van der Waals surface area contributed by atoms with Gasteiger partial charge in [0.2, 0.25) is 0 Å². The van der Waals surface area contributed by atoms with Crippen LogP contribution in [0.1, 0.15) is 31.7 Å². The number of hydrogen-bond acceptors (Lipinski definition) is 7. The molecule has 0 amide bonds. The molecule has 2 unspecified atom stereocenters. The minimum atomic E-state index is -0.962. The summed E-state index contributed by atoms with van der Waals surface area (Å²) in [5.41, 5.74) is 0.404. The summed E-state index contributed by atoms with van der Waals surface area (Å²) in [5.74, 6) is -1.14. The van der Waals surface area contributed by atoms with Crippen LogP contribution in [0.15, 0.2) is 33.7 Å². The molecule has 0 radical (unpaired) electrons. The Labute approximate surface area is 147 Å². The Morgan fingerprint density at radius 1 is 1.36 bits per heavy atom. The second-order valence-corrected chi connectivity index (χ2v) is 8.07. The third kappa shape index (κ3) is 3.27. The molecule has 3 rings (SSSR count). The van der Waals surface area contributed by atoms with E-state index >= 15 is 0 Å². The van der Waals surface area contributed by atoms with Crippen LogP contribution >= 0.6 is 11.8 Å². The highest BCUT2D eigenvalue weighted by Gasteiger charge is 2.46. The molecule has 7 nitrogen and oxygen atoms in total. The summed E-state index contributed by atoms with van der Waals surface area (Å²) >= 11 is 1.37. The van der Waals surface area contributed by atoms with E-state index in [4.69, 9.17) is 9.15 Å². The minimum Gasteiger partial charge on any atom is -0.480 e. The number of hydrogen-bond donors (Lipinski definition) is 2. The molecule has 8 heteroatoms. The van der Waals surface area contributed by atoms with E-state index in [2.05, 4.69) is 5.32 Å². The molecule has 132 valence electrons. The van der Waals surface area contributed by atoms with Gasteiger partial charge < -0.3 is 14.3 Å². The van der Waals surface area contributed by atoms with Crippen molar-refractivity contribution in [1.82, 2.24) is 5.32 Å². The number of carbonyl (C=O) groups excluding carboxylic acids is 1. The molecule has 2 heterocycles. The number of fused-ring (bicyclic) bond motifs is 1. The molecule has 2 atom stereocenters. The van der Waals surface area contributed by atoms with E-state index in [1.807, 2.05) is 13.8 Å². The van der Waals surface area contributed by atoms with Gasteiger partial charge in [-0.1, -0.05) is 0 Å². The predicted octanol–water partition coefficient (Wildman–Crippen LogP) is 2.29. The van der Waals surface area contributed by atoms with E-state index < -0.39 is 28.1 Å². The monoisotopic (exact) mass is 363 g/mol. The van der Waals surface area contributed by atoms with Crippen molar-refractivity contribution in [1.29, 1.82) is 0 Å². The first-order chi connectivity index (χ1) is 11.7. The van der Waals surface area contributed by atoms with Gasteiger partial charge in [0.25, 0.3) is 0 Å². The van der Waals surface area contributed by atoms with Crippen LogP contribution in [0.2, 0.25) is 0 Å². The van der Waals surface area contributed by atoms with Crippen LogP contribution in [-0.4, -0.2) is 27.8 Å². The summed E-state index contributed by atoms with van der Waals surface area (Å²) in [5, 5.41) is 12.2. The molecule has 1 fully saturated rings. The van der Waals surface area contributed by atoms with Gasteiger partial charge >= 0.3 is 11.9 Å². The van der Waals surface area contributed by atoms with Crippen molar-refractivity contribution >= 4 is 34.7 Å². The number of carboxylic acid groups (broad SMARTS) is 1. The molecular weight excluding hydrogens is 346 g/mol. The Balaban J connectivity index is 1.99. The van der Waals surface area contributed by atoms with Crippen molar-refractivity contribution in [3.05, 3.63) is 40.2 Å². The highest BCUT2D eigenvalue weighted by atomic mass is 32.2. The summed E-state index contributed by atoms with van der Waals surface area (Å²) < 4.78 is 9.93. The Bertz CT molecular complexity index is 919. The molecule has 1 aliphatic rings. The van der Waals surface area contributed by atoms with E-state index in [-0.39, 0.29) is 11.2 Å². The van der Waals surface area contributed by atoms with E-state index in [1.165, 1.54) is 43.1 Å². The molecular formula is C17H17NO6S. The highest BCUT2D eigenvalue weighted by Crippen LogP contribution is 2.45. The van der Waals surface area contributed by atoms with E-state index in [1.54, 1.807) is 0 Å². The van der Waals surface area contributed by atoms with Crippen molar-refractivity contribution in [2.24, 2.45) is 0 Å². The molecule has 1 aromatic carbocycles. The van der Waals surface area contributed by atoms with Crippen molar-refractivity contribution < 1.29 is 23.8 Å². The number of carboxylic acids is 1. The normalized spacial score (nSPS) is 22.0. The lowest BCUT2D eigenvalue weighted by molar-refractivity contribution is -0.140. The van der Waals surface area contributed by atoms with E-state index in [0.717, 1.165) is 0 Å². The number of thioether (sulfide) groups is 1. The van der Waals surface area contributed by atoms with Crippen LogP contribution in [0.4, 0.5) is 0 Å². The predicted molar refractivity (Wildman–Crippen MR) is 92.8 cm³/mol. The van der Waals surface area contributed by atoms with Crippen molar-refractivity contribution in [2.75, 3.05) is 0 Å². The van der Waals surface area contributed by atoms with Crippen molar-refractivity contribution in [2.45, 2.75) is 36.9 Å². The van der Waals surface area contributed by atoms with Crippen LogP contribution in [0.5, 0.6) is 5.75 Å². The smallest absolute Gasteiger partial charge is 0.322 e. The Hall–Kier alpha value is -2.32. The maximum Gasteiger partial charge on any atom is 0.322 e. The Morgan fingerprint density at radius 3 is 2.68 bits per heavy atom. The zero-order valence-corrected chi connectivity index (χ0v) is 14.7. The summed E-state index contributed by atoms with van der Waals surface area (Å²) in [6.45, 7) is 4.92. The van der Waals surface area contributed by atoms with Gasteiger partial charge in [-0.25, -0.2) is 0 Å². The second-order valence-electron chi connectivity index (χ2n) is 6.31. The maximum atomic E-state index is 12.8. The number of esters is 1. The van der Waals surface area contributed by atoms with Crippen molar-refractivity contribution in [3.63, 3.8) is 0 Å².